The van der Waals surface area contributed by atoms with E-state index in [-0.39, 0.29) is 11.9 Å². The fraction of sp³-hybridized carbons (Fsp3) is 0.550. The minimum absolute atomic E-state index is 0.0249. The van der Waals surface area contributed by atoms with Crippen molar-refractivity contribution in [2.45, 2.75) is 62.6 Å². The highest BCUT2D eigenvalue weighted by molar-refractivity contribution is 7.99. The summed E-state index contributed by atoms with van der Waals surface area (Å²) in [6, 6.07) is 6.70. The van der Waals surface area contributed by atoms with Crippen molar-refractivity contribution in [2.75, 3.05) is 5.75 Å². The van der Waals surface area contributed by atoms with Gasteiger partial charge in [0.25, 0.3) is 0 Å². The molecule has 2 aromatic rings. The van der Waals surface area contributed by atoms with Crippen molar-refractivity contribution in [3.05, 3.63) is 40.7 Å². The summed E-state index contributed by atoms with van der Waals surface area (Å²) >= 11 is 1.46. The fourth-order valence-corrected chi connectivity index (χ4v) is 4.40. The van der Waals surface area contributed by atoms with Gasteiger partial charge in [0.1, 0.15) is 5.82 Å². The van der Waals surface area contributed by atoms with Gasteiger partial charge in [0.15, 0.2) is 5.16 Å². The molecule has 26 heavy (non-hydrogen) atoms. The van der Waals surface area contributed by atoms with Gasteiger partial charge >= 0.3 is 0 Å². The van der Waals surface area contributed by atoms with Gasteiger partial charge in [-0.1, -0.05) is 30.0 Å². The van der Waals surface area contributed by atoms with E-state index in [9.17, 15) is 4.79 Å². The average Bonchev–Trinajstić information content (AvgIpc) is 3.43. The van der Waals surface area contributed by atoms with Gasteiger partial charge in [0, 0.05) is 13.0 Å². The van der Waals surface area contributed by atoms with E-state index in [0.29, 0.717) is 11.7 Å². The smallest absolute Gasteiger partial charge is 0.230 e. The highest BCUT2D eigenvalue weighted by atomic mass is 32.2. The first kappa shape index (κ1) is 17.6. The van der Waals surface area contributed by atoms with E-state index in [1.807, 2.05) is 11.6 Å². The molecule has 1 heterocycles. The number of hydrogen-bond acceptors (Lipinski definition) is 4. The fourth-order valence-electron chi connectivity index (χ4n) is 3.67. The molecule has 1 amide bonds. The number of amides is 1. The monoisotopic (exact) mass is 370 g/mol. The zero-order valence-electron chi connectivity index (χ0n) is 15.5. The molecular formula is C20H26N4OS. The van der Waals surface area contributed by atoms with Gasteiger partial charge in [0.05, 0.1) is 11.8 Å². The summed E-state index contributed by atoms with van der Waals surface area (Å²) in [5.74, 6) is 2.03. The van der Waals surface area contributed by atoms with Crippen molar-refractivity contribution >= 4 is 17.7 Å². The highest BCUT2D eigenvalue weighted by Crippen LogP contribution is 2.39. The van der Waals surface area contributed by atoms with Crippen molar-refractivity contribution in [2.24, 2.45) is 7.05 Å². The molecule has 4 rings (SSSR count). The zero-order valence-corrected chi connectivity index (χ0v) is 16.3. The second kappa shape index (κ2) is 7.43. The molecule has 1 atom stereocenters. The topological polar surface area (TPSA) is 59.8 Å². The van der Waals surface area contributed by atoms with Crippen LogP contribution in [0.15, 0.2) is 23.4 Å². The third kappa shape index (κ3) is 3.80. The molecule has 138 valence electrons. The lowest BCUT2D eigenvalue weighted by Gasteiger charge is -2.20. The second-order valence-corrected chi connectivity index (χ2v) is 8.43. The van der Waals surface area contributed by atoms with E-state index in [1.54, 1.807) is 0 Å². The Morgan fingerprint density at radius 1 is 1.27 bits per heavy atom. The van der Waals surface area contributed by atoms with Crippen molar-refractivity contribution < 1.29 is 4.79 Å². The lowest BCUT2D eigenvalue weighted by atomic mass is 9.89. The molecule has 1 N–H and O–H groups in total. The Bertz CT molecular complexity index is 812. The SMILES string of the molecule is C[C@@H](NC(=O)CSc1nnc(C2CC2)n1C)c1ccc2c(c1)CCCC2. The second-order valence-electron chi connectivity index (χ2n) is 7.49. The number of carbonyl (C=O) groups excluding carboxylic acids is 1. The molecule has 0 aliphatic heterocycles. The highest BCUT2D eigenvalue weighted by Gasteiger charge is 2.29. The molecule has 1 aromatic heterocycles. The normalized spacial score (nSPS) is 17.6. The minimum Gasteiger partial charge on any atom is -0.349 e. The van der Waals surface area contributed by atoms with Crippen LogP contribution in [-0.4, -0.2) is 26.4 Å². The van der Waals surface area contributed by atoms with Gasteiger partial charge < -0.3 is 9.88 Å². The average molecular weight is 371 g/mol. The predicted octanol–water partition coefficient (Wildman–Crippen LogP) is 3.54. The van der Waals surface area contributed by atoms with Crippen LogP contribution in [0.4, 0.5) is 0 Å². The van der Waals surface area contributed by atoms with E-state index in [1.165, 1.54) is 60.6 Å². The number of carbonyl (C=O) groups is 1. The molecular weight excluding hydrogens is 344 g/mol. The van der Waals surface area contributed by atoms with Gasteiger partial charge in [-0.05, 0) is 62.1 Å². The number of fused-ring (bicyclic) bond motifs is 1. The van der Waals surface area contributed by atoms with Crippen molar-refractivity contribution in [3.63, 3.8) is 0 Å². The standard InChI is InChI=1S/C20H26N4OS/c1-13(16-10-7-14-5-3-4-6-17(14)11-16)21-18(25)12-26-20-23-22-19(24(20)2)15-8-9-15/h7,10-11,13,15H,3-6,8-9,12H2,1-2H3,(H,21,25)/t13-/m1/s1. The lowest BCUT2D eigenvalue weighted by molar-refractivity contribution is -0.119. The van der Waals surface area contributed by atoms with Crippen LogP contribution >= 0.6 is 11.8 Å². The molecule has 0 bridgehead atoms. The van der Waals surface area contributed by atoms with Crippen LogP contribution in [0.1, 0.15) is 67.1 Å². The Morgan fingerprint density at radius 2 is 2.04 bits per heavy atom. The number of thioether (sulfide) groups is 1. The van der Waals surface area contributed by atoms with Crippen LogP contribution in [-0.2, 0) is 24.7 Å². The van der Waals surface area contributed by atoms with E-state index in [0.717, 1.165) is 17.4 Å². The first-order valence-electron chi connectivity index (χ1n) is 9.55. The quantitative estimate of drug-likeness (QED) is 0.790. The van der Waals surface area contributed by atoms with Gasteiger partial charge in [-0.25, -0.2) is 0 Å². The Kier molecular flexibility index (Phi) is 5.02. The van der Waals surface area contributed by atoms with E-state index < -0.39 is 0 Å². The predicted molar refractivity (Wildman–Crippen MR) is 103 cm³/mol. The van der Waals surface area contributed by atoms with Crippen LogP contribution < -0.4 is 5.32 Å². The Balaban J connectivity index is 1.33. The number of nitrogens with zero attached hydrogens (tertiary/aromatic N) is 3. The maximum atomic E-state index is 12.4. The van der Waals surface area contributed by atoms with Crippen LogP contribution in [0.25, 0.3) is 0 Å². The Morgan fingerprint density at radius 3 is 2.81 bits per heavy atom. The summed E-state index contributed by atoms with van der Waals surface area (Å²) in [6.07, 6.45) is 7.32. The van der Waals surface area contributed by atoms with Gasteiger partial charge in [-0.2, -0.15) is 0 Å². The third-order valence-corrected chi connectivity index (χ3v) is 6.41. The third-order valence-electron chi connectivity index (χ3n) is 5.39. The first-order chi connectivity index (χ1) is 12.6. The molecule has 6 heteroatoms. The molecule has 0 saturated heterocycles. The van der Waals surface area contributed by atoms with Gasteiger partial charge in [-0.3, -0.25) is 4.79 Å². The molecule has 1 aromatic carbocycles. The summed E-state index contributed by atoms with van der Waals surface area (Å²) in [6.45, 7) is 2.06. The van der Waals surface area contributed by atoms with Crippen molar-refractivity contribution in [3.8, 4) is 0 Å². The van der Waals surface area contributed by atoms with E-state index in [2.05, 4.69) is 40.6 Å². The largest absolute Gasteiger partial charge is 0.349 e. The number of hydrogen-bond donors (Lipinski definition) is 1. The Hall–Kier alpha value is -1.82. The zero-order chi connectivity index (χ0) is 18.1. The van der Waals surface area contributed by atoms with Crippen LogP contribution in [0.5, 0.6) is 0 Å². The van der Waals surface area contributed by atoms with E-state index in [4.69, 9.17) is 0 Å². The van der Waals surface area contributed by atoms with Crippen molar-refractivity contribution in [1.82, 2.24) is 20.1 Å². The molecule has 1 saturated carbocycles. The van der Waals surface area contributed by atoms with Crippen LogP contribution in [0.2, 0.25) is 0 Å². The molecule has 2 aliphatic carbocycles. The molecule has 5 nitrogen and oxygen atoms in total. The van der Waals surface area contributed by atoms with Gasteiger partial charge in [0.2, 0.25) is 5.91 Å². The number of rotatable bonds is 6. The summed E-state index contributed by atoms with van der Waals surface area (Å²) in [5, 5.41) is 12.4. The summed E-state index contributed by atoms with van der Waals surface area (Å²) < 4.78 is 2.03. The summed E-state index contributed by atoms with van der Waals surface area (Å²) in [7, 11) is 1.99. The number of aryl methyl sites for hydroxylation is 2. The summed E-state index contributed by atoms with van der Waals surface area (Å²) in [5.41, 5.74) is 4.12. The molecule has 0 radical (unpaired) electrons. The minimum atomic E-state index is 0.0249. The molecule has 0 spiro atoms. The maximum Gasteiger partial charge on any atom is 0.230 e. The van der Waals surface area contributed by atoms with E-state index >= 15 is 0 Å². The molecule has 1 fully saturated rings. The van der Waals surface area contributed by atoms with Crippen LogP contribution in [0.3, 0.4) is 0 Å². The first-order valence-corrected chi connectivity index (χ1v) is 10.5. The number of aromatic nitrogens is 3. The van der Waals surface area contributed by atoms with Crippen LogP contribution in [0, 0.1) is 0 Å². The number of nitrogens with one attached hydrogen (secondary N) is 1. The number of benzene rings is 1. The van der Waals surface area contributed by atoms with Gasteiger partial charge in [-0.15, -0.1) is 10.2 Å². The van der Waals surface area contributed by atoms with Crippen molar-refractivity contribution in [1.29, 1.82) is 0 Å². The lowest BCUT2D eigenvalue weighted by Crippen LogP contribution is -2.28. The molecule has 2 aliphatic rings. The Labute approximate surface area is 159 Å². The maximum absolute atomic E-state index is 12.4. The summed E-state index contributed by atoms with van der Waals surface area (Å²) in [4.78, 5) is 12.4. The molecule has 0 unspecified atom stereocenters.